The molecule has 0 aromatic rings. The van der Waals surface area contributed by atoms with E-state index in [2.05, 4.69) is 31.6 Å². The Bertz CT molecular complexity index is 989. The second-order valence-electron chi connectivity index (χ2n) is 8.73. The van der Waals surface area contributed by atoms with Crippen molar-refractivity contribution >= 4 is 59.2 Å². The monoisotopic (exact) mass is 588 g/mol. The largest absolute Gasteiger partial charge is 0.481 e. The molecule has 0 spiro atoms. The van der Waals surface area contributed by atoms with Crippen molar-refractivity contribution in [1.82, 2.24) is 26.6 Å². The number of aliphatic imine (C=N–C) groups is 1. The Labute approximate surface area is 234 Å². The number of carboxylic acid groups (broad SMARTS) is 2. The number of carbonyl (C=O) groups is 7. The number of nitrogens with one attached hydrogen (secondary N) is 5. The van der Waals surface area contributed by atoms with E-state index in [1.54, 1.807) is 6.92 Å². The molecule has 17 nitrogen and oxygen atoms in total. The fourth-order valence-electron chi connectivity index (χ4n) is 3.43. The van der Waals surface area contributed by atoms with Crippen LogP contribution in [-0.4, -0.2) is 106 Å². The highest BCUT2D eigenvalue weighted by Crippen LogP contribution is 2.18. The minimum absolute atomic E-state index is 0.0683. The molecule has 224 valence electrons. The summed E-state index contributed by atoms with van der Waals surface area (Å²) in [7, 11) is 0. The molecule has 0 aromatic carbocycles. The predicted molar refractivity (Wildman–Crippen MR) is 143 cm³/mol. The molecule has 40 heavy (non-hydrogen) atoms. The van der Waals surface area contributed by atoms with Crippen LogP contribution in [0.3, 0.4) is 0 Å². The average Bonchev–Trinajstić information content (AvgIpc) is 2.87. The molecule has 0 unspecified atom stereocenters. The number of nitrogens with zero attached hydrogens (tertiary/aromatic N) is 1. The van der Waals surface area contributed by atoms with Gasteiger partial charge in [0.2, 0.25) is 29.5 Å². The van der Waals surface area contributed by atoms with Gasteiger partial charge in [-0.25, -0.2) is 4.79 Å². The van der Waals surface area contributed by atoms with Crippen molar-refractivity contribution < 1.29 is 43.8 Å². The molecular weight excluding hydrogens is 552 g/mol. The third-order valence-electron chi connectivity index (χ3n) is 5.40. The molecule has 1 rings (SSSR count). The number of rotatable bonds is 9. The van der Waals surface area contributed by atoms with Crippen molar-refractivity contribution in [1.29, 1.82) is 0 Å². The quantitative estimate of drug-likeness (QED) is 0.0712. The minimum Gasteiger partial charge on any atom is -0.481 e. The first-order valence-electron chi connectivity index (χ1n) is 12.4. The van der Waals surface area contributed by atoms with Crippen LogP contribution in [0.4, 0.5) is 0 Å². The predicted octanol–water partition coefficient (Wildman–Crippen LogP) is -3.80. The standard InChI is InChI=1S/C22H36N8O9S/c1-2-4-14-20(37)27-9-15(31)28-11(5-3-6-25-22(23)24)18(35)26-8-16(32)29-12(7-17(33)34)19(36)30-13(10-40-14)21(38)39/h11-14H,2-10H2,1H3,(H,26,35)(H,27,37)(H,28,31)(H,29,32)(H,30,36)(H,33,34)(H,38,39)(H4,23,24,25)/t11-,12-,13-,14-/m0/s1. The van der Waals surface area contributed by atoms with Crippen molar-refractivity contribution in [3.8, 4) is 0 Å². The highest BCUT2D eigenvalue weighted by molar-refractivity contribution is 8.00. The summed E-state index contributed by atoms with van der Waals surface area (Å²) in [5.41, 5.74) is 10.6. The Morgan fingerprint density at radius 2 is 1.50 bits per heavy atom. The number of aliphatic carboxylic acids is 2. The molecule has 11 N–H and O–H groups in total. The van der Waals surface area contributed by atoms with Crippen molar-refractivity contribution in [3.63, 3.8) is 0 Å². The lowest BCUT2D eigenvalue weighted by atomic mass is 10.1. The van der Waals surface area contributed by atoms with E-state index in [4.69, 9.17) is 11.5 Å². The normalized spacial score (nSPS) is 23.7. The molecule has 0 saturated carbocycles. The maximum absolute atomic E-state index is 12.7. The summed E-state index contributed by atoms with van der Waals surface area (Å²) >= 11 is 0.930. The van der Waals surface area contributed by atoms with Crippen molar-refractivity contribution in [3.05, 3.63) is 0 Å². The van der Waals surface area contributed by atoms with Gasteiger partial charge in [-0.05, 0) is 19.3 Å². The van der Waals surface area contributed by atoms with Crippen molar-refractivity contribution in [2.24, 2.45) is 16.5 Å². The Morgan fingerprint density at radius 3 is 2.05 bits per heavy atom. The highest BCUT2D eigenvalue weighted by Gasteiger charge is 2.31. The van der Waals surface area contributed by atoms with Crippen LogP contribution >= 0.6 is 11.8 Å². The molecule has 5 amide bonds. The van der Waals surface area contributed by atoms with E-state index in [9.17, 15) is 43.8 Å². The van der Waals surface area contributed by atoms with E-state index in [-0.39, 0.29) is 31.1 Å². The summed E-state index contributed by atoms with van der Waals surface area (Å²) < 4.78 is 0. The van der Waals surface area contributed by atoms with E-state index >= 15 is 0 Å². The van der Waals surface area contributed by atoms with Gasteiger partial charge in [-0.15, -0.1) is 11.8 Å². The summed E-state index contributed by atoms with van der Waals surface area (Å²) in [5, 5.41) is 29.5. The summed E-state index contributed by atoms with van der Waals surface area (Å²) in [4.78, 5) is 90.0. The minimum atomic E-state index is -1.66. The Kier molecular flexibility index (Phi) is 14.8. The smallest absolute Gasteiger partial charge is 0.327 e. The summed E-state index contributed by atoms with van der Waals surface area (Å²) in [5.74, 6) is -7.33. The molecule has 0 bridgehead atoms. The lowest BCUT2D eigenvalue weighted by Crippen LogP contribution is -2.56. The topological polar surface area (TPSA) is 284 Å². The van der Waals surface area contributed by atoms with E-state index in [0.717, 1.165) is 11.8 Å². The summed E-state index contributed by atoms with van der Waals surface area (Å²) in [6.45, 7) is 0.787. The van der Waals surface area contributed by atoms with E-state index in [1.807, 2.05) is 0 Å². The number of carboxylic acids is 2. The van der Waals surface area contributed by atoms with E-state index in [1.165, 1.54) is 0 Å². The van der Waals surface area contributed by atoms with Gasteiger partial charge in [0.05, 0.1) is 24.8 Å². The van der Waals surface area contributed by atoms with Crippen LogP contribution in [0.15, 0.2) is 4.99 Å². The average molecular weight is 589 g/mol. The number of nitrogens with two attached hydrogens (primary N) is 2. The van der Waals surface area contributed by atoms with Crippen molar-refractivity contribution in [2.45, 2.75) is 62.4 Å². The molecule has 0 aromatic heterocycles. The van der Waals surface area contributed by atoms with Crippen LogP contribution in [0.2, 0.25) is 0 Å². The van der Waals surface area contributed by atoms with Crippen LogP contribution in [0.1, 0.15) is 39.0 Å². The van der Waals surface area contributed by atoms with Gasteiger partial charge in [0, 0.05) is 12.3 Å². The third-order valence-corrected chi connectivity index (χ3v) is 6.77. The van der Waals surface area contributed by atoms with Gasteiger partial charge in [0.25, 0.3) is 0 Å². The van der Waals surface area contributed by atoms with Crippen LogP contribution in [0.5, 0.6) is 0 Å². The van der Waals surface area contributed by atoms with Gasteiger partial charge < -0.3 is 48.3 Å². The SMILES string of the molecule is CCC[C@@H]1SC[C@@H](C(=O)O)NC(=O)[C@H](CC(=O)O)NC(=O)CNC(=O)[C@H](CCCN=C(N)N)NC(=O)CNC1=O. The number of carbonyl (C=O) groups excluding carboxylic acids is 5. The van der Waals surface area contributed by atoms with Gasteiger partial charge in [0.1, 0.15) is 18.1 Å². The lowest BCUT2D eigenvalue weighted by molar-refractivity contribution is -0.143. The maximum atomic E-state index is 12.7. The zero-order valence-corrected chi connectivity index (χ0v) is 22.8. The molecule has 18 heteroatoms. The van der Waals surface area contributed by atoms with Gasteiger partial charge >= 0.3 is 11.9 Å². The summed E-state index contributed by atoms with van der Waals surface area (Å²) in [6.07, 6.45) is 0.349. The van der Waals surface area contributed by atoms with Crippen molar-refractivity contribution in [2.75, 3.05) is 25.4 Å². The fourth-order valence-corrected chi connectivity index (χ4v) is 4.72. The zero-order chi connectivity index (χ0) is 30.2. The molecule has 0 aliphatic carbocycles. The van der Waals surface area contributed by atoms with E-state index < -0.39 is 84.4 Å². The number of guanidine groups is 1. The number of hydrogen-bond donors (Lipinski definition) is 9. The first-order valence-corrected chi connectivity index (χ1v) is 13.4. The lowest BCUT2D eigenvalue weighted by Gasteiger charge is -2.23. The number of thioether (sulfide) groups is 1. The summed E-state index contributed by atoms with van der Waals surface area (Å²) in [6, 6.07) is -4.31. The first-order chi connectivity index (χ1) is 18.8. The number of amides is 5. The molecule has 4 atom stereocenters. The number of hydrogen-bond acceptors (Lipinski definition) is 9. The Morgan fingerprint density at radius 1 is 0.900 bits per heavy atom. The zero-order valence-electron chi connectivity index (χ0n) is 21.9. The van der Waals surface area contributed by atoms with Crippen LogP contribution in [0.25, 0.3) is 0 Å². The maximum Gasteiger partial charge on any atom is 0.327 e. The second-order valence-corrected chi connectivity index (χ2v) is 9.97. The first kappa shape index (κ1) is 33.9. The van der Waals surface area contributed by atoms with Crippen LogP contribution in [0, 0.1) is 0 Å². The molecule has 1 fully saturated rings. The van der Waals surface area contributed by atoms with Gasteiger partial charge in [-0.3, -0.25) is 33.8 Å². The third kappa shape index (κ3) is 13.1. The van der Waals surface area contributed by atoms with Crippen LogP contribution < -0.4 is 38.1 Å². The molecule has 1 heterocycles. The Balaban J connectivity index is 3.21. The van der Waals surface area contributed by atoms with E-state index in [0.29, 0.717) is 12.8 Å². The van der Waals surface area contributed by atoms with Gasteiger partial charge in [0.15, 0.2) is 5.96 Å². The highest BCUT2D eigenvalue weighted by atomic mass is 32.2. The molecular formula is C22H36N8O9S. The van der Waals surface area contributed by atoms with Gasteiger partial charge in [-0.2, -0.15) is 0 Å². The Hall–Kier alpha value is -4.09. The van der Waals surface area contributed by atoms with Crippen LogP contribution in [-0.2, 0) is 33.6 Å². The fraction of sp³-hybridized carbons (Fsp3) is 0.636. The molecule has 1 aliphatic heterocycles. The second kappa shape index (κ2) is 17.5. The molecule has 1 aliphatic rings. The molecule has 1 saturated heterocycles. The van der Waals surface area contributed by atoms with Gasteiger partial charge in [-0.1, -0.05) is 13.3 Å². The molecule has 0 radical (unpaired) electrons.